The molecule has 0 aliphatic carbocycles. The summed E-state index contributed by atoms with van der Waals surface area (Å²) < 4.78 is 11.5. The van der Waals surface area contributed by atoms with E-state index in [2.05, 4.69) is 49.5 Å². The van der Waals surface area contributed by atoms with Crippen molar-refractivity contribution in [2.45, 2.75) is 34.4 Å². The molecule has 0 amide bonds. The van der Waals surface area contributed by atoms with Crippen LogP contribution in [0.15, 0.2) is 60.7 Å². The molecule has 25 heavy (non-hydrogen) atoms. The van der Waals surface area contributed by atoms with Crippen LogP contribution in [-0.4, -0.2) is 38.7 Å². The van der Waals surface area contributed by atoms with Crippen LogP contribution in [-0.2, 0) is 22.7 Å². The molecule has 2 nitrogen and oxygen atoms in total. The van der Waals surface area contributed by atoms with Crippen molar-refractivity contribution < 1.29 is 9.47 Å². The molecule has 0 aromatic heterocycles. The van der Waals surface area contributed by atoms with Gasteiger partial charge in [0.25, 0.3) is 0 Å². The first-order valence-corrected chi connectivity index (χ1v) is 11.9. The summed E-state index contributed by atoms with van der Waals surface area (Å²) in [7, 11) is 0. The van der Waals surface area contributed by atoms with Gasteiger partial charge in [-0.25, -0.2) is 0 Å². The van der Waals surface area contributed by atoms with Crippen LogP contribution in [0.4, 0.5) is 0 Å². The second-order valence-electron chi connectivity index (χ2n) is 5.85. The van der Waals surface area contributed by atoms with E-state index in [1.165, 1.54) is 11.1 Å². The minimum absolute atomic E-state index is 0.300. The zero-order valence-corrected chi connectivity index (χ0v) is 17.8. The van der Waals surface area contributed by atoms with E-state index in [1.807, 2.05) is 36.4 Å². The zero-order chi connectivity index (χ0) is 17.7. The summed E-state index contributed by atoms with van der Waals surface area (Å²) in [6.45, 7) is 2.71. The van der Waals surface area contributed by atoms with E-state index >= 15 is 0 Å². The van der Waals surface area contributed by atoms with Crippen LogP contribution in [0.5, 0.6) is 0 Å². The molecular weight excluding hydrogens is 415 g/mol. The Labute approximate surface area is 168 Å². The first-order chi connectivity index (χ1) is 12.2. The number of thiol groups is 2. The van der Waals surface area contributed by atoms with E-state index < -0.39 is 0 Å². The zero-order valence-electron chi connectivity index (χ0n) is 14.3. The Morgan fingerprint density at radius 3 is 1.48 bits per heavy atom. The van der Waals surface area contributed by atoms with Crippen LogP contribution in [0.3, 0.4) is 0 Å². The van der Waals surface area contributed by atoms with E-state index in [0.717, 1.165) is 10.6 Å². The van der Waals surface area contributed by atoms with Gasteiger partial charge in [0.1, 0.15) is 0 Å². The molecule has 2 rings (SSSR count). The van der Waals surface area contributed by atoms with E-state index in [4.69, 9.17) is 9.47 Å². The molecule has 2 aromatic rings. The van der Waals surface area contributed by atoms with Gasteiger partial charge in [0.05, 0.1) is 0 Å². The Morgan fingerprint density at radius 1 is 0.680 bits per heavy atom. The molecule has 2 aromatic carbocycles. The third-order valence-electron chi connectivity index (χ3n) is 3.46. The van der Waals surface area contributed by atoms with Crippen molar-refractivity contribution in [3.05, 3.63) is 71.8 Å². The number of hydrogen-bond donors (Lipinski definition) is 2. The average molecular weight is 442 g/mol. The summed E-state index contributed by atoms with van der Waals surface area (Å²) in [5, 5.41) is 2.80. The second-order valence-corrected chi connectivity index (χ2v) is 9.56. The van der Waals surface area contributed by atoms with Crippen LogP contribution in [0.1, 0.15) is 11.1 Å². The Bertz CT molecular complexity index is 517. The Morgan fingerprint density at radius 2 is 1.08 bits per heavy atom. The molecule has 136 valence electrons. The minimum atomic E-state index is 0.300. The second kappa shape index (κ2) is 12.9. The van der Waals surface area contributed by atoms with Gasteiger partial charge in [-0.05, 0) is 0 Å². The number of rotatable bonds is 12. The molecule has 2 unspecified atom stereocenters. The van der Waals surface area contributed by atoms with Crippen LogP contribution >= 0.6 is 25.3 Å². The maximum absolute atomic E-state index is 5.74. The summed E-state index contributed by atoms with van der Waals surface area (Å²) in [5.74, 6) is 0. The quantitative estimate of drug-likeness (QED) is 0.372. The molecule has 0 aliphatic heterocycles. The third kappa shape index (κ3) is 9.74. The molecule has 0 saturated heterocycles. The molecule has 5 heteroatoms. The van der Waals surface area contributed by atoms with Gasteiger partial charge in [0.2, 0.25) is 0 Å². The van der Waals surface area contributed by atoms with Crippen molar-refractivity contribution in [1.82, 2.24) is 0 Å². The molecule has 0 radical (unpaired) electrons. The van der Waals surface area contributed by atoms with Crippen molar-refractivity contribution in [1.29, 1.82) is 0 Å². The Kier molecular flexibility index (Phi) is 10.7. The maximum atomic E-state index is 5.74. The first kappa shape index (κ1) is 20.9. The van der Waals surface area contributed by atoms with Crippen LogP contribution < -0.4 is 0 Å². The van der Waals surface area contributed by atoms with Crippen molar-refractivity contribution in [3.63, 3.8) is 0 Å². The summed E-state index contributed by atoms with van der Waals surface area (Å²) in [6, 6.07) is 20.5. The predicted molar refractivity (Wildman–Crippen MR) is 113 cm³/mol. The molecule has 2 atom stereocenters. The van der Waals surface area contributed by atoms with Gasteiger partial charge in [-0.15, -0.1) is 0 Å². The number of ether oxygens (including phenoxy) is 2. The normalized spacial score (nSPS) is 13.5. The van der Waals surface area contributed by atoms with E-state index in [9.17, 15) is 0 Å². The number of hydrogen-bond acceptors (Lipinski definition) is 4. The monoisotopic (exact) mass is 442 g/mol. The molecule has 0 bridgehead atoms. The topological polar surface area (TPSA) is 18.5 Å². The van der Waals surface area contributed by atoms with Gasteiger partial charge in [-0.1, -0.05) is 0 Å². The fraction of sp³-hybridized carbons (Fsp3) is 0.400. The van der Waals surface area contributed by atoms with Gasteiger partial charge in [0.15, 0.2) is 0 Å². The summed E-state index contributed by atoms with van der Waals surface area (Å²) >= 11 is 9.78. The SMILES string of the molecule is SC(COCc1ccccc1)C[Se]CC(S)COCc1ccccc1. The fourth-order valence-electron chi connectivity index (χ4n) is 2.21. The summed E-state index contributed by atoms with van der Waals surface area (Å²) in [4.78, 5) is 0. The Balaban J connectivity index is 1.48. The molecule has 0 spiro atoms. The van der Waals surface area contributed by atoms with E-state index in [1.54, 1.807) is 0 Å². The number of benzene rings is 2. The Hall–Kier alpha value is -0.421. The van der Waals surface area contributed by atoms with Crippen LogP contribution in [0.2, 0.25) is 10.6 Å². The van der Waals surface area contributed by atoms with Gasteiger partial charge in [-0.3, -0.25) is 0 Å². The third-order valence-corrected chi connectivity index (χ3v) is 7.92. The van der Waals surface area contributed by atoms with Gasteiger partial charge >= 0.3 is 169 Å². The van der Waals surface area contributed by atoms with Gasteiger partial charge in [0, 0.05) is 0 Å². The van der Waals surface area contributed by atoms with Crippen molar-refractivity contribution >= 4 is 40.2 Å². The van der Waals surface area contributed by atoms with Crippen LogP contribution in [0, 0.1) is 0 Å². The van der Waals surface area contributed by atoms with Crippen molar-refractivity contribution in [2.75, 3.05) is 13.2 Å². The predicted octanol–water partition coefficient (Wildman–Crippen LogP) is 4.56. The molecule has 0 N–H and O–H groups in total. The first-order valence-electron chi connectivity index (χ1n) is 8.41. The molecule has 0 saturated carbocycles. The van der Waals surface area contributed by atoms with Crippen molar-refractivity contribution in [3.8, 4) is 0 Å². The summed E-state index contributed by atoms with van der Waals surface area (Å²) in [6.07, 6.45) is 0. The van der Waals surface area contributed by atoms with Crippen LogP contribution in [0.25, 0.3) is 0 Å². The molecule has 0 heterocycles. The molecule has 0 aliphatic rings. The summed E-state index contributed by atoms with van der Waals surface area (Å²) in [5.41, 5.74) is 2.42. The molecular formula is C20H26O2S2Se. The van der Waals surface area contributed by atoms with E-state index in [0.29, 0.717) is 51.9 Å². The van der Waals surface area contributed by atoms with Gasteiger partial charge < -0.3 is 0 Å². The fourth-order valence-corrected chi connectivity index (χ4v) is 5.35. The molecule has 0 fully saturated rings. The van der Waals surface area contributed by atoms with E-state index in [-0.39, 0.29) is 0 Å². The average Bonchev–Trinajstić information content (AvgIpc) is 2.63. The van der Waals surface area contributed by atoms with Crippen molar-refractivity contribution in [2.24, 2.45) is 0 Å². The standard InChI is InChI=1S/C20H26O2S2Se/c23-19(13-21-11-17-7-3-1-4-8-17)15-25-16-20(24)14-22-12-18-9-5-2-6-10-18/h1-10,19-20,23-24H,11-16H2. The van der Waals surface area contributed by atoms with Gasteiger partial charge in [-0.2, -0.15) is 0 Å².